The SMILES string of the molecule is CC(C)C[C@H](NC(=O)[C@@H](COC(C)(C)C)NC(=O)[C@H](Cc1ccc(O)cc1)NC(=O)[C@H](CO)NC(=O)[C@H](Cc1c[nH]c2ccccc12)NC(=O)[C@H](Cc1c[nH]cn1)NC(=O)[C@@H]1CCC(=O)N1)C(=O)N[C@@H](CCCNC(=N)N)C(=O)N1CCC[C@H]1C(=O)NNC(N)=O.Cl. The van der Waals surface area contributed by atoms with Crippen molar-refractivity contribution in [1.29, 1.82) is 5.41 Å². The van der Waals surface area contributed by atoms with Gasteiger partial charge in [-0.2, -0.15) is 0 Å². The van der Waals surface area contributed by atoms with Gasteiger partial charge in [-0.25, -0.2) is 15.2 Å². The van der Waals surface area contributed by atoms with Gasteiger partial charge < -0.3 is 89.1 Å². The number of nitrogens with zero attached hydrogens (tertiary/aromatic N) is 2. The number of phenolic OH excluding ortho intramolecular Hbond substituents is 1. The zero-order chi connectivity index (χ0) is 66.5. The maximum absolute atomic E-state index is 14.8. The number of ether oxygens (including phenoxy) is 1. The van der Waals surface area contributed by atoms with Gasteiger partial charge in [0.15, 0.2) is 5.96 Å². The number of nitrogens with two attached hydrogens (primary N) is 2. The number of halogens is 1. The van der Waals surface area contributed by atoms with Gasteiger partial charge in [0.1, 0.15) is 60.1 Å². The highest BCUT2D eigenvalue weighted by atomic mass is 35.5. The maximum Gasteiger partial charge on any atom is 0.330 e. The number of hydrogen-bond donors (Lipinski definition) is 18. The van der Waals surface area contributed by atoms with Crippen LogP contribution in [0.25, 0.3) is 10.9 Å². The van der Waals surface area contributed by atoms with Crippen LogP contribution in [0, 0.1) is 11.3 Å². The predicted molar refractivity (Wildman–Crippen MR) is 335 cm³/mol. The number of H-pyrrole nitrogens is 2. The topological polar surface area (TPSA) is 493 Å². The first-order chi connectivity index (χ1) is 43.2. The minimum atomic E-state index is -1.80. The van der Waals surface area contributed by atoms with E-state index in [9.17, 15) is 63.0 Å². The molecule has 0 saturated carbocycles. The molecule has 0 spiro atoms. The quantitative estimate of drug-likeness (QED) is 0.0107. The molecule has 2 aliphatic heterocycles. The van der Waals surface area contributed by atoms with Crippen LogP contribution in [0.15, 0.2) is 67.3 Å². The Balaban J connectivity index is 0.0000154. The molecule has 12 amide bonds. The van der Waals surface area contributed by atoms with Crippen LogP contribution in [0.4, 0.5) is 4.79 Å². The molecule has 0 unspecified atom stereocenters. The van der Waals surface area contributed by atoms with Crippen molar-refractivity contribution in [2.45, 2.75) is 159 Å². The second kappa shape index (κ2) is 34.6. The summed E-state index contributed by atoms with van der Waals surface area (Å²) in [5, 5.41) is 52.9. The Hall–Kier alpha value is -9.56. The zero-order valence-corrected chi connectivity index (χ0v) is 52.6. The van der Waals surface area contributed by atoms with Crippen molar-refractivity contribution < 1.29 is 67.7 Å². The van der Waals surface area contributed by atoms with Crippen molar-refractivity contribution in [1.82, 2.24) is 78.6 Å². The van der Waals surface area contributed by atoms with Crippen molar-refractivity contribution in [3.8, 4) is 5.75 Å². The summed E-state index contributed by atoms with van der Waals surface area (Å²) in [7, 11) is 0. The average molecular weight is 1310 g/mol. The number of rotatable bonds is 31. The lowest BCUT2D eigenvalue weighted by Crippen LogP contribution is -2.62. The molecule has 20 N–H and O–H groups in total. The Labute approximate surface area is 536 Å². The molecule has 0 bridgehead atoms. The molecule has 32 nitrogen and oxygen atoms in total. The van der Waals surface area contributed by atoms with Crippen molar-refractivity contribution in [3.05, 3.63) is 84.1 Å². The Kier molecular flexibility index (Phi) is 27.5. The molecule has 33 heteroatoms. The molecule has 2 saturated heterocycles. The molecular weight excluding hydrogens is 1220 g/mol. The summed E-state index contributed by atoms with van der Waals surface area (Å²) in [4.78, 5) is 163. The molecule has 2 aliphatic rings. The number of phenols is 1. The highest BCUT2D eigenvalue weighted by molar-refractivity contribution is 5.99. The Morgan fingerprint density at radius 1 is 0.739 bits per heavy atom. The molecule has 4 heterocycles. The number of amides is 12. The first-order valence-electron chi connectivity index (χ1n) is 29.9. The lowest BCUT2D eigenvalue weighted by molar-refractivity contribution is -0.142. The van der Waals surface area contributed by atoms with Crippen molar-refractivity contribution in [2.75, 3.05) is 26.3 Å². The lowest BCUT2D eigenvalue weighted by Gasteiger charge is -2.31. The summed E-state index contributed by atoms with van der Waals surface area (Å²) in [6.45, 7) is 7.33. The fraction of sp³-hybridized carbons (Fsp3) is 0.508. The number of benzene rings is 2. The van der Waals surface area contributed by atoms with E-state index in [1.807, 2.05) is 5.43 Å². The van der Waals surface area contributed by atoms with E-state index in [-0.39, 0.29) is 107 Å². The zero-order valence-electron chi connectivity index (χ0n) is 51.8. The summed E-state index contributed by atoms with van der Waals surface area (Å²) >= 11 is 0. The average Bonchev–Trinajstić information content (AvgIpc) is 1.64. The molecule has 92 heavy (non-hydrogen) atoms. The first-order valence-corrected chi connectivity index (χ1v) is 29.9. The third-order valence-corrected chi connectivity index (χ3v) is 14.9. The smallest absolute Gasteiger partial charge is 0.330 e. The largest absolute Gasteiger partial charge is 0.508 e. The van der Waals surface area contributed by atoms with E-state index in [1.54, 1.807) is 65.1 Å². The standard InChI is InChI=1S/C59H84N18O14.ClH/c1-31(2)22-40(49(82)68-39(12-8-20-64-57(60)61)56(89)77-21-9-13-46(77)55(88)75-76-58(62)90)69-54(87)45(29-91-59(3,4)5)74-50(83)41(23-32-14-16-35(79)17-15-32)70-53(86)44(28-78)73-51(84)42(24-33-26-65-37-11-7-6-10-36(33)37)71-52(85)43(25-34-27-63-30-66-34)72-48(81)38-18-19-47(80)67-38;/h6-7,10-11,14-17,26-27,30-31,38-46,65,78-79H,8-9,12-13,18-25,28-29H2,1-5H3,(H,63,66)(H,67,80)(H,68,82)(H,69,87)(H,70,86)(H,71,85)(H,72,81)(H,73,84)(H,74,83)(H,75,88)(H4,60,61,64)(H3,62,76,90);1H/t38-,39-,40-,41-,42-,43-,44-,45+,46-;/m0./s1. The van der Waals surface area contributed by atoms with Crippen molar-refractivity contribution >= 4 is 94.4 Å². The fourth-order valence-electron chi connectivity index (χ4n) is 10.3. The summed E-state index contributed by atoms with van der Waals surface area (Å²) in [6, 6.07) is -0.755. The van der Waals surface area contributed by atoms with Crippen LogP contribution >= 0.6 is 12.4 Å². The van der Waals surface area contributed by atoms with E-state index in [2.05, 4.69) is 68.2 Å². The summed E-state index contributed by atoms with van der Waals surface area (Å²) in [6.07, 6.45) is 4.95. The van der Waals surface area contributed by atoms with E-state index in [0.29, 0.717) is 34.1 Å². The lowest BCUT2D eigenvalue weighted by atomic mass is 10.0. The van der Waals surface area contributed by atoms with Crippen LogP contribution in [-0.4, -0.2) is 187 Å². The van der Waals surface area contributed by atoms with Gasteiger partial charge in [0, 0.05) is 62.1 Å². The molecule has 2 fully saturated rings. The second-order valence-corrected chi connectivity index (χ2v) is 23.7. The fourth-order valence-corrected chi connectivity index (χ4v) is 10.3. The number of aromatic amines is 2. The van der Waals surface area contributed by atoms with E-state index in [1.165, 1.54) is 41.7 Å². The van der Waals surface area contributed by atoms with Crippen LogP contribution in [0.3, 0.4) is 0 Å². The molecular formula is C59H85ClN18O14. The third-order valence-electron chi connectivity index (χ3n) is 14.9. The number of aromatic nitrogens is 3. The number of urea groups is 1. The number of carbonyl (C=O) groups excluding carboxylic acids is 11. The van der Waals surface area contributed by atoms with Gasteiger partial charge in [0.05, 0.1) is 30.8 Å². The van der Waals surface area contributed by atoms with Crippen LogP contribution in [0.2, 0.25) is 0 Å². The number of carbonyl (C=O) groups is 11. The number of aliphatic hydroxyl groups excluding tert-OH is 1. The van der Waals surface area contributed by atoms with Gasteiger partial charge in [-0.15, -0.1) is 12.4 Å². The number of imidazole rings is 1. The number of para-hydroxylation sites is 1. The van der Waals surface area contributed by atoms with Crippen LogP contribution in [0.1, 0.15) is 96.4 Å². The number of nitrogens with one attached hydrogen (secondary N) is 14. The van der Waals surface area contributed by atoms with Crippen LogP contribution in [0.5, 0.6) is 5.75 Å². The van der Waals surface area contributed by atoms with E-state index >= 15 is 0 Å². The van der Waals surface area contributed by atoms with E-state index < -0.39 is 132 Å². The number of primary amides is 1. The minimum absolute atomic E-state index is 0. The number of likely N-dealkylation sites (tertiary alicyclic amines) is 1. The van der Waals surface area contributed by atoms with Crippen molar-refractivity contribution in [2.24, 2.45) is 17.4 Å². The highest BCUT2D eigenvalue weighted by Gasteiger charge is 2.40. The van der Waals surface area contributed by atoms with E-state index in [4.69, 9.17) is 21.6 Å². The molecule has 2 aromatic heterocycles. The Morgan fingerprint density at radius 2 is 1.34 bits per heavy atom. The number of hydrazine groups is 1. The van der Waals surface area contributed by atoms with Gasteiger partial charge in [0.2, 0.25) is 53.2 Å². The molecule has 9 atom stereocenters. The number of fused-ring (bicyclic) bond motifs is 1. The van der Waals surface area contributed by atoms with Gasteiger partial charge in [-0.05, 0) is 94.5 Å². The molecule has 2 aromatic carbocycles. The number of guanidine groups is 1. The predicted octanol–water partition coefficient (Wildman–Crippen LogP) is -2.47. The highest BCUT2D eigenvalue weighted by Crippen LogP contribution is 2.22. The normalized spacial score (nSPS) is 16.8. The maximum atomic E-state index is 14.8. The first kappa shape index (κ1) is 73.2. The number of aliphatic hydroxyl groups is 1. The Bertz CT molecular complexity index is 3230. The minimum Gasteiger partial charge on any atom is -0.508 e. The van der Waals surface area contributed by atoms with Gasteiger partial charge in [0.25, 0.3) is 5.91 Å². The van der Waals surface area contributed by atoms with Crippen molar-refractivity contribution in [3.63, 3.8) is 0 Å². The van der Waals surface area contributed by atoms with E-state index in [0.717, 1.165) is 0 Å². The van der Waals surface area contributed by atoms with Gasteiger partial charge >= 0.3 is 6.03 Å². The Morgan fingerprint density at radius 3 is 1.95 bits per heavy atom. The molecule has 0 radical (unpaired) electrons. The number of aromatic hydroxyl groups is 1. The molecule has 6 rings (SSSR count). The molecule has 4 aromatic rings. The van der Waals surface area contributed by atoms with Crippen LogP contribution in [-0.2, 0) is 71.9 Å². The summed E-state index contributed by atoms with van der Waals surface area (Å²) in [5.74, 6) is -8.74. The molecule has 502 valence electrons. The second-order valence-electron chi connectivity index (χ2n) is 23.7. The summed E-state index contributed by atoms with van der Waals surface area (Å²) in [5.41, 5.74) is 15.9. The third kappa shape index (κ3) is 22.4. The monoisotopic (exact) mass is 1300 g/mol. The van der Waals surface area contributed by atoms with Gasteiger partial charge in [-0.1, -0.05) is 44.2 Å². The van der Waals surface area contributed by atoms with Crippen LogP contribution < -0.4 is 70.2 Å². The van der Waals surface area contributed by atoms with Gasteiger partial charge in [-0.3, -0.25) is 58.8 Å². The molecule has 0 aliphatic carbocycles. The number of hydrogen-bond acceptors (Lipinski definition) is 16. The summed E-state index contributed by atoms with van der Waals surface area (Å²) < 4.78 is 6.02.